The molecule has 6 nitrogen and oxygen atoms in total. The summed E-state index contributed by atoms with van der Waals surface area (Å²) in [7, 11) is 0. The molecule has 0 saturated heterocycles. The summed E-state index contributed by atoms with van der Waals surface area (Å²) in [6.45, 7) is 0. The molecule has 0 aliphatic carbocycles. The molecule has 1 heterocycles. The van der Waals surface area contributed by atoms with Crippen molar-refractivity contribution in [1.29, 1.82) is 0 Å². The summed E-state index contributed by atoms with van der Waals surface area (Å²) in [4.78, 5) is 37.0. The highest BCUT2D eigenvalue weighted by molar-refractivity contribution is 8.01. The number of para-hydroxylation sites is 1. The molecule has 3 N–H and O–H groups in total. The first-order valence-electron chi connectivity index (χ1n) is 7.45. The number of carbonyl (C=O) groups is 3. The molecule has 0 fully saturated rings. The Labute approximate surface area is 153 Å². The quantitative estimate of drug-likeness (QED) is 0.719. The Hall–Kier alpha value is -2.51. The Kier molecular flexibility index (Phi) is 5.25. The van der Waals surface area contributed by atoms with Crippen molar-refractivity contribution < 1.29 is 14.4 Å². The molecule has 1 aliphatic heterocycles. The molecule has 2 aromatic carbocycles. The summed E-state index contributed by atoms with van der Waals surface area (Å²) in [5.74, 6) is -1.23. The van der Waals surface area contributed by atoms with Crippen molar-refractivity contribution in [2.75, 3.05) is 5.32 Å². The minimum absolute atomic E-state index is 0.0619. The van der Waals surface area contributed by atoms with Crippen molar-refractivity contribution in [2.24, 2.45) is 0 Å². The molecule has 2 aromatic rings. The van der Waals surface area contributed by atoms with Crippen LogP contribution in [0.5, 0.6) is 0 Å². The smallest absolute Gasteiger partial charge is 0.271 e. The summed E-state index contributed by atoms with van der Waals surface area (Å²) < 4.78 is 0. The molecule has 8 heteroatoms. The van der Waals surface area contributed by atoms with Gasteiger partial charge in [0.1, 0.15) is 0 Å². The minimum Gasteiger partial charge on any atom is -0.324 e. The van der Waals surface area contributed by atoms with E-state index < -0.39 is 17.1 Å². The van der Waals surface area contributed by atoms with E-state index in [4.69, 9.17) is 11.6 Å². The second-order valence-electron chi connectivity index (χ2n) is 5.28. The fourth-order valence-corrected chi connectivity index (χ4v) is 3.62. The van der Waals surface area contributed by atoms with Crippen LogP contribution < -0.4 is 16.2 Å². The third-order valence-corrected chi connectivity index (χ3v) is 5.12. The molecule has 3 rings (SSSR count). The third-order valence-electron chi connectivity index (χ3n) is 3.51. The molecule has 0 radical (unpaired) electrons. The maximum Gasteiger partial charge on any atom is 0.271 e. The van der Waals surface area contributed by atoms with Crippen LogP contribution in [0.15, 0.2) is 53.4 Å². The van der Waals surface area contributed by atoms with Gasteiger partial charge in [-0.05, 0) is 24.3 Å². The Morgan fingerprint density at radius 2 is 1.80 bits per heavy atom. The van der Waals surface area contributed by atoms with Crippen molar-refractivity contribution >= 4 is 46.8 Å². The molecular formula is C17H14ClN3O3S. The van der Waals surface area contributed by atoms with Crippen LogP contribution in [0.2, 0.25) is 5.02 Å². The summed E-state index contributed by atoms with van der Waals surface area (Å²) in [6, 6.07) is 13.9. The zero-order valence-corrected chi connectivity index (χ0v) is 14.5. The van der Waals surface area contributed by atoms with Crippen molar-refractivity contribution in [1.82, 2.24) is 10.9 Å². The number of halogens is 1. The summed E-state index contributed by atoms with van der Waals surface area (Å²) in [6.07, 6.45) is -0.0619. The Morgan fingerprint density at radius 3 is 2.60 bits per heavy atom. The predicted molar refractivity (Wildman–Crippen MR) is 96.4 cm³/mol. The second kappa shape index (κ2) is 7.58. The number of rotatable bonds is 3. The Morgan fingerprint density at radius 1 is 1.08 bits per heavy atom. The molecule has 3 amide bonds. The van der Waals surface area contributed by atoms with E-state index in [1.807, 2.05) is 18.2 Å². The van der Waals surface area contributed by atoms with Gasteiger partial charge < -0.3 is 5.32 Å². The summed E-state index contributed by atoms with van der Waals surface area (Å²) in [5, 5.41) is 2.49. The predicted octanol–water partition coefficient (Wildman–Crippen LogP) is 2.60. The number of amides is 3. The van der Waals surface area contributed by atoms with E-state index in [1.54, 1.807) is 30.3 Å². The van der Waals surface area contributed by atoms with Gasteiger partial charge in [-0.2, -0.15) is 0 Å². The molecule has 1 atom stereocenters. The molecule has 0 aromatic heterocycles. The van der Waals surface area contributed by atoms with Gasteiger partial charge in [0.25, 0.3) is 5.91 Å². The molecule has 0 unspecified atom stereocenters. The maximum absolute atomic E-state index is 12.1. The lowest BCUT2D eigenvalue weighted by Gasteiger charge is -2.23. The average Bonchev–Trinajstić information content (AvgIpc) is 2.61. The SMILES string of the molecule is O=C(C[C@H]1Sc2ccccc2NC1=O)NNC(=O)c1ccccc1Cl. The maximum atomic E-state index is 12.1. The molecule has 0 spiro atoms. The zero-order chi connectivity index (χ0) is 17.8. The first-order chi connectivity index (χ1) is 12.0. The summed E-state index contributed by atoms with van der Waals surface area (Å²) >= 11 is 7.25. The number of hydrogen-bond acceptors (Lipinski definition) is 4. The van der Waals surface area contributed by atoms with Gasteiger partial charge in [0.2, 0.25) is 11.8 Å². The number of fused-ring (bicyclic) bond motifs is 1. The number of hydrogen-bond donors (Lipinski definition) is 3. The fourth-order valence-electron chi connectivity index (χ4n) is 2.29. The second-order valence-corrected chi connectivity index (χ2v) is 6.93. The third kappa shape index (κ3) is 4.12. The van der Waals surface area contributed by atoms with E-state index in [0.717, 1.165) is 10.6 Å². The standard InChI is InChI=1S/C17H14ClN3O3S/c18-11-6-2-1-5-10(11)16(23)21-20-15(22)9-14-17(24)19-12-7-3-4-8-13(12)25-14/h1-8,14H,9H2,(H,19,24)(H,20,22)(H,21,23)/t14-/m1/s1. The first kappa shape index (κ1) is 17.3. The van der Waals surface area contributed by atoms with E-state index in [9.17, 15) is 14.4 Å². The minimum atomic E-state index is -0.563. The molecule has 1 aliphatic rings. The zero-order valence-electron chi connectivity index (χ0n) is 12.9. The highest BCUT2D eigenvalue weighted by Crippen LogP contribution is 2.36. The van der Waals surface area contributed by atoms with Crippen LogP contribution in [0.25, 0.3) is 0 Å². The largest absolute Gasteiger partial charge is 0.324 e. The van der Waals surface area contributed by atoms with Gasteiger partial charge in [-0.1, -0.05) is 35.9 Å². The molecule has 0 saturated carbocycles. The number of benzene rings is 2. The van der Waals surface area contributed by atoms with E-state index in [2.05, 4.69) is 16.2 Å². The topological polar surface area (TPSA) is 87.3 Å². The van der Waals surface area contributed by atoms with Crippen LogP contribution in [0.3, 0.4) is 0 Å². The van der Waals surface area contributed by atoms with E-state index >= 15 is 0 Å². The number of carbonyl (C=O) groups excluding carboxylic acids is 3. The fraction of sp³-hybridized carbons (Fsp3) is 0.118. The van der Waals surface area contributed by atoms with Gasteiger partial charge in [0, 0.05) is 11.3 Å². The van der Waals surface area contributed by atoms with Gasteiger partial charge in [0.15, 0.2) is 0 Å². The van der Waals surface area contributed by atoms with Gasteiger partial charge in [0.05, 0.1) is 21.5 Å². The van der Waals surface area contributed by atoms with Crippen molar-refractivity contribution in [2.45, 2.75) is 16.6 Å². The normalized spacial score (nSPS) is 15.7. The number of anilines is 1. The number of hydrazine groups is 1. The van der Waals surface area contributed by atoms with Crippen molar-refractivity contribution in [3.8, 4) is 0 Å². The lowest BCUT2D eigenvalue weighted by Crippen LogP contribution is -2.44. The first-order valence-corrected chi connectivity index (χ1v) is 8.70. The van der Waals surface area contributed by atoms with Crippen LogP contribution in [-0.4, -0.2) is 23.0 Å². The van der Waals surface area contributed by atoms with Gasteiger partial charge in [-0.15, -0.1) is 11.8 Å². The van der Waals surface area contributed by atoms with Crippen LogP contribution in [0.4, 0.5) is 5.69 Å². The van der Waals surface area contributed by atoms with E-state index in [1.165, 1.54) is 11.8 Å². The number of thioether (sulfide) groups is 1. The van der Waals surface area contributed by atoms with Crippen molar-refractivity contribution in [3.05, 3.63) is 59.1 Å². The molecule has 128 valence electrons. The van der Waals surface area contributed by atoms with Crippen LogP contribution in [-0.2, 0) is 9.59 Å². The van der Waals surface area contributed by atoms with Gasteiger partial charge in [-0.25, -0.2) is 0 Å². The average molecular weight is 376 g/mol. The number of nitrogens with one attached hydrogen (secondary N) is 3. The van der Waals surface area contributed by atoms with Crippen LogP contribution in [0.1, 0.15) is 16.8 Å². The lowest BCUT2D eigenvalue weighted by atomic mass is 10.2. The molecule has 25 heavy (non-hydrogen) atoms. The van der Waals surface area contributed by atoms with E-state index in [0.29, 0.717) is 0 Å². The van der Waals surface area contributed by atoms with Gasteiger partial charge in [-0.3, -0.25) is 25.2 Å². The van der Waals surface area contributed by atoms with Gasteiger partial charge >= 0.3 is 0 Å². The van der Waals surface area contributed by atoms with Crippen LogP contribution in [0, 0.1) is 0 Å². The molecule has 0 bridgehead atoms. The monoisotopic (exact) mass is 375 g/mol. The van der Waals surface area contributed by atoms with Crippen molar-refractivity contribution in [3.63, 3.8) is 0 Å². The van der Waals surface area contributed by atoms with Crippen LogP contribution >= 0.6 is 23.4 Å². The molecular weight excluding hydrogens is 362 g/mol. The summed E-state index contributed by atoms with van der Waals surface area (Å²) in [5.41, 5.74) is 5.60. The lowest BCUT2D eigenvalue weighted by molar-refractivity contribution is -0.124. The Bertz CT molecular complexity index is 843. The van der Waals surface area contributed by atoms with E-state index in [-0.39, 0.29) is 22.9 Å². The highest BCUT2D eigenvalue weighted by atomic mass is 35.5. The highest BCUT2D eigenvalue weighted by Gasteiger charge is 2.28. The Balaban J connectivity index is 1.56.